The van der Waals surface area contributed by atoms with Gasteiger partial charge in [0.25, 0.3) is 5.91 Å². The SMILES string of the molecule is Cc1nn(C(C)C)c(C)c1C(=O)N[C@H]1C[C@H]2CNC[C@H]2C[C@@H]1O. The van der Waals surface area contributed by atoms with Gasteiger partial charge < -0.3 is 15.7 Å². The van der Waals surface area contributed by atoms with Crippen molar-refractivity contribution < 1.29 is 9.90 Å². The van der Waals surface area contributed by atoms with Crippen LogP contribution in [0.2, 0.25) is 0 Å². The molecular formula is C17H28N4O2. The number of aliphatic hydroxyl groups is 1. The highest BCUT2D eigenvalue weighted by Crippen LogP contribution is 2.33. The lowest BCUT2D eigenvalue weighted by Gasteiger charge is -2.35. The summed E-state index contributed by atoms with van der Waals surface area (Å²) < 4.78 is 1.89. The van der Waals surface area contributed by atoms with Crippen molar-refractivity contribution in [3.05, 3.63) is 17.0 Å². The van der Waals surface area contributed by atoms with Crippen molar-refractivity contribution in [1.82, 2.24) is 20.4 Å². The van der Waals surface area contributed by atoms with E-state index in [2.05, 4.69) is 29.6 Å². The van der Waals surface area contributed by atoms with Crippen LogP contribution in [0.15, 0.2) is 0 Å². The number of hydrogen-bond donors (Lipinski definition) is 3. The Morgan fingerprint density at radius 1 is 1.30 bits per heavy atom. The number of rotatable bonds is 3. The number of aryl methyl sites for hydroxylation is 1. The lowest BCUT2D eigenvalue weighted by Crippen LogP contribution is -2.49. The maximum atomic E-state index is 12.7. The molecule has 1 aliphatic carbocycles. The van der Waals surface area contributed by atoms with Crippen molar-refractivity contribution >= 4 is 5.91 Å². The molecule has 1 saturated heterocycles. The lowest BCUT2D eigenvalue weighted by atomic mass is 9.77. The van der Waals surface area contributed by atoms with E-state index in [1.165, 1.54) is 0 Å². The standard InChI is InChI=1S/C17H28N4O2/c1-9(2)21-11(4)16(10(3)20-21)17(23)19-14-5-12-7-18-8-13(12)6-15(14)22/h9,12-15,18,22H,5-8H2,1-4H3,(H,19,23)/t12-,13+,14-,15-/m0/s1. The minimum absolute atomic E-state index is 0.111. The van der Waals surface area contributed by atoms with Gasteiger partial charge in [0.05, 0.1) is 23.4 Å². The first-order valence-electron chi connectivity index (χ1n) is 8.63. The fraction of sp³-hybridized carbons (Fsp3) is 0.765. The Bertz CT molecular complexity index is 596. The molecule has 1 aliphatic heterocycles. The van der Waals surface area contributed by atoms with Crippen LogP contribution in [0.5, 0.6) is 0 Å². The van der Waals surface area contributed by atoms with Crippen LogP contribution in [-0.4, -0.2) is 46.0 Å². The monoisotopic (exact) mass is 320 g/mol. The smallest absolute Gasteiger partial charge is 0.255 e. The van der Waals surface area contributed by atoms with Crippen LogP contribution in [0, 0.1) is 25.7 Å². The van der Waals surface area contributed by atoms with Crippen LogP contribution in [0.1, 0.15) is 54.5 Å². The van der Waals surface area contributed by atoms with Gasteiger partial charge in [0.2, 0.25) is 0 Å². The number of aliphatic hydroxyl groups excluding tert-OH is 1. The molecule has 2 fully saturated rings. The highest BCUT2D eigenvalue weighted by Gasteiger charge is 2.39. The minimum atomic E-state index is -0.458. The first kappa shape index (κ1) is 16.5. The van der Waals surface area contributed by atoms with Crippen molar-refractivity contribution in [2.24, 2.45) is 11.8 Å². The zero-order chi connectivity index (χ0) is 16.7. The lowest BCUT2D eigenvalue weighted by molar-refractivity contribution is 0.0461. The average molecular weight is 320 g/mol. The van der Waals surface area contributed by atoms with Crippen LogP contribution in [-0.2, 0) is 0 Å². The summed E-state index contributed by atoms with van der Waals surface area (Å²) in [6.07, 6.45) is 1.16. The molecule has 0 spiro atoms. The summed E-state index contributed by atoms with van der Waals surface area (Å²) in [4.78, 5) is 12.7. The highest BCUT2D eigenvalue weighted by atomic mass is 16.3. The van der Waals surface area contributed by atoms with Crippen LogP contribution in [0.25, 0.3) is 0 Å². The van der Waals surface area contributed by atoms with Crippen LogP contribution < -0.4 is 10.6 Å². The molecule has 2 aliphatic rings. The van der Waals surface area contributed by atoms with E-state index < -0.39 is 6.10 Å². The number of aromatic nitrogens is 2. The van der Waals surface area contributed by atoms with Gasteiger partial charge in [0.1, 0.15) is 0 Å². The van der Waals surface area contributed by atoms with Crippen molar-refractivity contribution in [3.63, 3.8) is 0 Å². The second-order valence-corrected chi connectivity index (χ2v) is 7.38. The van der Waals surface area contributed by atoms with E-state index in [9.17, 15) is 9.90 Å². The molecule has 6 nitrogen and oxygen atoms in total. The Balaban J connectivity index is 1.74. The van der Waals surface area contributed by atoms with Gasteiger partial charge in [-0.05, 0) is 65.5 Å². The Labute approximate surface area is 137 Å². The molecule has 3 N–H and O–H groups in total. The van der Waals surface area contributed by atoms with E-state index in [0.717, 1.165) is 37.3 Å². The fourth-order valence-corrected chi connectivity index (χ4v) is 4.19. The molecule has 3 rings (SSSR count). The Morgan fingerprint density at radius 2 is 1.96 bits per heavy atom. The van der Waals surface area contributed by atoms with Gasteiger partial charge in [-0.1, -0.05) is 0 Å². The van der Waals surface area contributed by atoms with Crippen molar-refractivity contribution in [2.45, 2.75) is 58.7 Å². The average Bonchev–Trinajstić information content (AvgIpc) is 3.03. The summed E-state index contributed by atoms with van der Waals surface area (Å²) in [6.45, 7) is 9.89. The second kappa shape index (κ2) is 6.24. The van der Waals surface area contributed by atoms with E-state index in [1.54, 1.807) is 0 Å². The predicted molar refractivity (Wildman–Crippen MR) is 88.4 cm³/mol. The number of nitrogens with one attached hydrogen (secondary N) is 2. The molecule has 0 radical (unpaired) electrons. The summed E-state index contributed by atoms with van der Waals surface area (Å²) in [5.41, 5.74) is 2.29. The first-order chi connectivity index (χ1) is 10.9. The maximum absolute atomic E-state index is 12.7. The molecule has 1 saturated carbocycles. The topological polar surface area (TPSA) is 79.2 Å². The van der Waals surface area contributed by atoms with Gasteiger partial charge in [0, 0.05) is 11.7 Å². The number of amides is 1. The first-order valence-corrected chi connectivity index (χ1v) is 8.63. The molecule has 0 aromatic carbocycles. The van der Waals surface area contributed by atoms with Gasteiger partial charge >= 0.3 is 0 Å². The molecule has 23 heavy (non-hydrogen) atoms. The van der Waals surface area contributed by atoms with Gasteiger partial charge in [0.15, 0.2) is 0 Å². The summed E-state index contributed by atoms with van der Waals surface area (Å²) in [6, 6.07) is 0.0608. The van der Waals surface area contributed by atoms with Gasteiger partial charge in [-0.25, -0.2) is 0 Å². The maximum Gasteiger partial charge on any atom is 0.255 e. The van der Waals surface area contributed by atoms with Crippen LogP contribution >= 0.6 is 0 Å². The quantitative estimate of drug-likeness (QED) is 0.781. The number of fused-ring (bicyclic) bond motifs is 1. The molecule has 2 heterocycles. The third-order valence-electron chi connectivity index (χ3n) is 5.40. The molecule has 1 amide bonds. The molecular weight excluding hydrogens is 292 g/mol. The largest absolute Gasteiger partial charge is 0.391 e. The summed E-state index contributed by atoms with van der Waals surface area (Å²) >= 11 is 0. The zero-order valence-electron chi connectivity index (χ0n) is 14.5. The number of nitrogens with zero attached hydrogens (tertiary/aromatic N) is 2. The van der Waals surface area contributed by atoms with Crippen molar-refractivity contribution in [1.29, 1.82) is 0 Å². The van der Waals surface area contributed by atoms with Crippen molar-refractivity contribution in [3.8, 4) is 0 Å². The van der Waals surface area contributed by atoms with E-state index in [1.807, 2.05) is 18.5 Å². The summed E-state index contributed by atoms with van der Waals surface area (Å²) in [5, 5.41) is 21.3. The Kier molecular flexibility index (Phi) is 4.47. The number of hydrogen-bond acceptors (Lipinski definition) is 4. The minimum Gasteiger partial charge on any atom is -0.391 e. The van der Waals surface area contributed by atoms with E-state index in [-0.39, 0.29) is 18.0 Å². The normalized spacial score (nSPS) is 30.5. The van der Waals surface area contributed by atoms with Crippen LogP contribution in [0.4, 0.5) is 0 Å². The number of carbonyl (C=O) groups excluding carboxylic acids is 1. The summed E-state index contributed by atoms with van der Waals surface area (Å²) in [5.74, 6) is 0.995. The molecule has 4 atom stereocenters. The molecule has 6 heteroatoms. The van der Waals surface area contributed by atoms with E-state index in [0.29, 0.717) is 17.4 Å². The molecule has 128 valence electrons. The molecule has 1 aromatic rings. The second-order valence-electron chi connectivity index (χ2n) is 7.38. The molecule has 0 unspecified atom stereocenters. The van der Waals surface area contributed by atoms with Crippen LogP contribution in [0.3, 0.4) is 0 Å². The summed E-state index contributed by atoms with van der Waals surface area (Å²) in [7, 11) is 0. The third kappa shape index (κ3) is 3.02. The number of carbonyl (C=O) groups is 1. The van der Waals surface area contributed by atoms with E-state index in [4.69, 9.17) is 0 Å². The van der Waals surface area contributed by atoms with Gasteiger partial charge in [-0.2, -0.15) is 5.10 Å². The zero-order valence-corrected chi connectivity index (χ0v) is 14.5. The van der Waals surface area contributed by atoms with Gasteiger partial charge in [-0.3, -0.25) is 9.48 Å². The Morgan fingerprint density at radius 3 is 2.57 bits per heavy atom. The third-order valence-corrected chi connectivity index (χ3v) is 5.40. The molecule has 0 bridgehead atoms. The predicted octanol–water partition coefficient (Wildman–Crippen LogP) is 1.17. The molecule has 1 aromatic heterocycles. The fourth-order valence-electron chi connectivity index (χ4n) is 4.19. The van der Waals surface area contributed by atoms with Gasteiger partial charge in [-0.15, -0.1) is 0 Å². The highest BCUT2D eigenvalue weighted by molar-refractivity contribution is 5.96. The van der Waals surface area contributed by atoms with E-state index >= 15 is 0 Å². The van der Waals surface area contributed by atoms with Crippen molar-refractivity contribution in [2.75, 3.05) is 13.1 Å². The Hall–Kier alpha value is -1.40.